The molecule has 0 aromatic heterocycles. The van der Waals surface area contributed by atoms with Gasteiger partial charge in [0.15, 0.2) is 0 Å². The Balaban J connectivity index is 3.24. The Bertz CT molecular complexity index is 555. The molecule has 0 aliphatic rings. The average molecular weight is 286 g/mol. The number of nitrogen functional groups attached to an aromatic ring is 1. The van der Waals surface area contributed by atoms with Crippen LogP contribution in [-0.2, 0) is 14.8 Å². The highest BCUT2D eigenvalue weighted by atomic mass is 32.2. The van der Waals surface area contributed by atoms with Crippen molar-refractivity contribution in [1.29, 1.82) is 0 Å². The second kappa shape index (κ2) is 5.90. The summed E-state index contributed by atoms with van der Waals surface area (Å²) in [5.74, 6) is 0. The van der Waals surface area contributed by atoms with Gasteiger partial charge in [-0.2, -0.15) is 4.31 Å². The van der Waals surface area contributed by atoms with Crippen molar-refractivity contribution in [1.82, 2.24) is 4.31 Å². The van der Waals surface area contributed by atoms with Gasteiger partial charge in [0, 0.05) is 20.2 Å². The number of benzene rings is 1. The molecule has 1 aromatic carbocycles. The van der Waals surface area contributed by atoms with Crippen LogP contribution >= 0.6 is 0 Å². The van der Waals surface area contributed by atoms with Crippen LogP contribution in [0.1, 0.15) is 18.1 Å². The van der Waals surface area contributed by atoms with E-state index in [4.69, 9.17) is 10.5 Å². The summed E-state index contributed by atoms with van der Waals surface area (Å²) >= 11 is 0. The molecule has 108 valence electrons. The molecule has 0 spiro atoms. The standard InChI is InChI=1S/C13H22N2O3S/c1-9-6-12(14)13(7-10(9)2)19(16,17)15(4)11(3)8-18-5/h6-7,11H,8,14H2,1-5H3. The van der Waals surface area contributed by atoms with Gasteiger partial charge in [0.1, 0.15) is 4.90 Å². The molecule has 6 heteroatoms. The molecule has 19 heavy (non-hydrogen) atoms. The van der Waals surface area contributed by atoms with Crippen LogP contribution in [0, 0.1) is 13.8 Å². The number of anilines is 1. The Morgan fingerprint density at radius 3 is 2.37 bits per heavy atom. The van der Waals surface area contributed by atoms with Crippen molar-refractivity contribution < 1.29 is 13.2 Å². The van der Waals surface area contributed by atoms with E-state index in [0.29, 0.717) is 6.61 Å². The minimum atomic E-state index is -3.60. The lowest BCUT2D eigenvalue weighted by Crippen LogP contribution is -2.38. The van der Waals surface area contributed by atoms with Gasteiger partial charge in [0.25, 0.3) is 0 Å². The van der Waals surface area contributed by atoms with Crippen molar-refractivity contribution in [3.05, 3.63) is 23.3 Å². The Hall–Kier alpha value is -1.11. The van der Waals surface area contributed by atoms with Crippen LogP contribution in [0.2, 0.25) is 0 Å². The van der Waals surface area contributed by atoms with Crippen molar-refractivity contribution in [2.45, 2.75) is 31.7 Å². The van der Waals surface area contributed by atoms with Crippen molar-refractivity contribution in [3.63, 3.8) is 0 Å². The first-order valence-corrected chi connectivity index (χ1v) is 7.49. The van der Waals surface area contributed by atoms with E-state index >= 15 is 0 Å². The summed E-state index contributed by atoms with van der Waals surface area (Å²) in [5.41, 5.74) is 8.01. The van der Waals surface area contributed by atoms with Crippen LogP contribution in [0.4, 0.5) is 5.69 Å². The molecule has 0 bridgehead atoms. The molecule has 2 N–H and O–H groups in total. The van der Waals surface area contributed by atoms with Gasteiger partial charge in [0.05, 0.1) is 12.3 Å². The predicted molar refractivity (Wildman–Crippen MR) is 76.6 cm³/mol. The third kappa shape index (κ3) is 3.26. The number of nitrogens with zero attached hydrogens (tertiary/aromatic N) is 1. The van der Waals surface area contributed by atoms with Crippen LogP contribution < -0.4 is 5.73 Å². The van der Waals surface area contributed by atoms with Gasteiger partial charge in [-0.15, -0.1) is 0 Å². The smallest absolute Gasteiger partial charge is 0.245 e. The maximum Gasteiger partial charge on any atom is 0.245 e. The van der Waals surface area contributed by atoms with E-state index in [-0.39, 0.29) is 16.6 Å². The summed E-state index contributed by atoms with van der Waals surface area (Å²) < 4.78 is 31.3. The van der Waals surface area contributed by atoms with E-state index in [1.54, 1.807) is 26.2 Å². The number of methoxy groups -OCH3 is 1. The molecule has 1 rings (SSSR count). The molecule has 0 amide bonds. The lowest BCUT2D eigenvalue weighted by molar-refractivity contribution is 0.149. The summed E-state index contributed by atoms with van der Waals surface area (Å²) in [7, 11) is -0.524. The maximum atomic E-state index is 12.5. The second-order valence-electron chi connectivity index (χ2n) is 4.80. The first-order chi connectivity index (χ1) is 8.71. The van der Waals surface area contributed by atoms with Crippen LogP contribution in [0.25, 0.3) is 0 Å². The van der Waals surface area contributed by atoms with Gasteiger partial charge in [-0.3, -0.25) is 0 Å². The monoisotopic (exact) mass is 286 g/mol. The first-order valence-electron chi connectivity index (χ1n) is 6.05. The number of hydrogen-bond acceptors (Lipinski definition) is 4. The largest absolute Gasteiger partial charge is 0.398 e. The average Bonchev–Trinajstić information content (AvgIpc) is 2.32. The number of nitrogens with two attached hydrogens (primary N) is 1. The zero-order valence-corrected chi connectivity index (χ0v) is 12.9. The third-order valence-electron chi connectivity index (χ3n) is 3.31. The first kappa shape index (κ1) is 15.9. The summed E-state index contributed by atoms with van der Waals surface area (Å²) in [6.07, 6.45) is 0. The molecule has 1 aromatic rings. The fraction of sp³-hybridized carbons (Fsp3) is 0.538. The zero-order valence-electron chi connectivity index (χ0n) is 12.1. The van der Waals surface area contributed by atoms with E-state index in [0.717, 1.165) is 11.1 Å². The molecule has 0 saturated heterocycles. The summed E-state index contributed by atoms with van der Waals surface area (Å²) in [6.45, 7) is 5.89. The van der Waals surface area contributed by atoms with Gasteiger partial charge in [-0.05, 0) is 44.0 Å². The molecular weight excluding hydrogens is 264 g/mol. The normalized spacial score (nSPS) is 13.8. The number of rotatable bonds is 5. The zero-order chi connectivity index (χ0) is 14.8. The molecule has 0 heterocycles. The highest BCUT2D eigenvalue weighted by Gasteiger charge is 2.27. The number of hydrogen-bond donors (Lipinski definition) is 1. The molecule has 0 saturated carbocycles. The van der Waals surface area contributed by atoms with E-state index in [1.807, 2.05) is 13.8 Å². The molecule has 0 radical (unpaired) electrons. The number of sulfonamides is 1. The Labute approximate surface area is 115 Å². The number of aryl methyl sites for hydroxylation is 2. The lowest BCUT2D eigenvalue weighted by Gasteiger charge is -2.24. The van der Waals surface area contributed by atoms with Crippen molar-refractivity contribution in [3.8, 4) is 0 Å². The minimum Gasteiger partial charge on any atom is -0.398 e. The molecule has 0 aliphatic carbocycles. The van der Waals surface area contributed by atoms with E-state index in [2.05, 4.69) is 0 Å². The van der Waals surface area contributed by atoms with Gasteiger partial charge in [0.2, 0.25) is 10.0 Å². The minimum absolute atomic E-state index is 0.154. The lowest BCUT2D eigenvalue weighted by atomic mass is 10.1. The predicted octanol–water partition coefficient (Wildman–Crippen LogP) is 1.54. The Morgan fingerprint density at radius 1 is 1.32 bits per heavy atom. The fourth-order valence-electron chi connectivity index (χ4n) is 1.77. The Morgan fingerprint density at radius 2 is 1.84 bits per heavy atom. The highest BCUT2D eigenvalue weighted by Crippen LogP contribution is 2.26. The van der Waals surface area contributed by atoms with Crippen LogP contribution in [0.5, 0.6) is 0 Å². The quantitative estimate of drug-likeness (QED) is 0.833. The number of likely N-dealkylation sites (N-methyl/N-ethyl adjacent to an activating group) is 1. The second-order valence-corrected chi connectivity index (χ2v) is 6.77. The molecule has 0 fully saturated rings. The molecular formula is C13H22N2O3S. The molecule has 5 nitrogen and oxygen atoms in total. The fourth-order valence-corrected chi connectivity index (χ4v) is 3.30. The van der Waals surface area contributed by atoms with Crippen molar-refractivity contribution >= 4 is 15.7 Å². The van der Waals surface area contributed by atoms with E-state index < -0.39 is 10.0 Å². The van der Waals surface area contributed by atoms with Crippen LogP contribution in [0.3, 0.4) is 0 Å². The molecule has 0 aliphatic heterocycles. The molecule has 1 unspecified atom stereocenters. The van der Waals surface area contributed by atoms with Crippen molar-refractivity contribution in [2.75, 3.05) is 26.5 Å². The summed E-state index contributed by atoms with van der Waals surface area (Å²) in [4.78, 5) is 0.154. The van der Waals surface area contributed by atoms with Crippen LogP contribution in [0.15, 0.2) is 17.0 Å². The third-order valence-corrected chi connectivity index (χ3v) is 5.34. The van der Waals surface area contributed by atoms with Crippen molar-refractivity contribution in [2.24, 2.45) is 0 Å². The summed E-state index contributed by atoms with van der Waals surface area (Å²) in [6, 6.07) is 3.06. The van der Waals surface area contributed by atoms with Gasteiger partial charge < -0.3 is 10.5 Å². The summed E-state index contributed by atoms with van der Waals surface area (Å²) in [5, 5.41) is 0. The Kier molecular flexibility index (Phi) is 4.95. The van der Waals surface area contributed by atoms with Gasteiger partial charge in [-0.25, -0.2) is 8.42 Å². The maximum absolute atomic E-state index is 12.5. The van der Waals surface area contributed by atoms with E-state index in [1.165, 1.54) is 11.4 Å². The van der Waals surface area contributed by atoms with Gasteiger partial charge >= 0.3 is 0 Å². The highest BCUT2D eigenvalue weighted by molar-refractivity contribution is 7.89. The topological polar surface area (TPSA) is 72.6 Å². The number of ether oxygens (including phenoxy) is 1. The SMILES string of the molecule is COCC(C)N(C)S(=O)(=O)c1cc(C)c(C)cc1N. The molecule has 1 atom stereocenters. The van der Waals surface area contributed by atoms with Gasteiger partial charge in [-0.1, -0.05) is 0 Å². The van der Waals surface area contributed by atoms with E-state index in [9.17, 15) is 8.42 Å². The van der Waals surface area contributed by atoms with Crippen LogP contribution in [-0.4, -0.2) is 39.5 Å².